The number of rotatable bonds is 6. The van der Waals surface area contributed by atoms with Gasteiger partial charge in [0.25, 0.3) is 0 Å². The molecule has 0 N–H and O–H groups in total. The number of fused-ring (bicyclic) bond motifs is 6. The van der Waals surface area contributed by atoms with Crippen molar-refractivity contribution in [3.8, 4) is 56.3 Å². The Labute approximate surface area is 324 Å². The first kappa shape index (κ1) is 31.9. The summed E-state index contributed by atoms with van der Waals surface area (Å²) in [6, 6.07) is 71.4. The van der Waals surface area contributed by atoms with E-state index in [9.17, 15) is 0 Å². The molecule has 0 radical (unpaired) electrons. The van der Waals surface area contributed by atoms with Crippen LogP contribution in [0.3, 0.4) is 0 Å². The van der Waals surface area contributed by atoms with E-state index in [1.54, 1.807) is 0 Å². The SMILES string of the molecule is c1ccc(-c2ccc(-c3cccc(-c4ccnc(-n5c6ccccc6c6cc(-c7ccc8c9ccccc9n(-c9ccccc9)c8c7)ccc65)n4)c3)cc2)cc1. The van der Waals surface area contributed by atoms with Crippen LogP contribution in [0.4, 0.5) is 0 Å². The topological polar surface area (TPSA) is 35.6 Å². The van der Waals surface area contributed by atoms with E-state index in [0.717, 1.165) is 44.5 Å². The quantitative estimate of drug-likeness (QED) is 0.172. The Morgan fingerprint density at radius 1 is 0.304 bits per heavy atom. The van der Waals surface area contributed by atoms with Crippen molar-refractivity contribution in [2.45, 2.75) is 0 Å². The maximum absolute atomic E-state index is 5.20. The zero-order chi connectivity index (χ0) is 37.0. The average Bonchev–Trinajstić information content (AvgIpc) is 3.79. The normalized spacial score (nSPS) is 11.6. The number of hydrogen-bond acceptors (Lipinski definition) is 2. The van der Waals surface area contributed by atoms with Crippen LogP contribution in [0, 0.1) is 0 Å². The Kier molecular flexibility index (Phi) is 7.46. The molecule has 0 bridgehead atoms. The number of nitrogens with zero attached hydrogens (tertiary/aromatic N) is 4. The third-order valence-electron chi connectivity index (χ3n) is 11.0. The molecule has 0 spiro atoms. The van der Waals surface area contributed by atoms with Crippen molar-refractivity contribution in [2.75, 3.05) is 0 Å². The van der Waals surface area contributed by atoms with Crippen LogP contribution in [0.5, 0.6) is 0 Å². The van der Waals surface area contributed by atoms with Crippen molar-refractivity contribution < 1.29 is 0 Å². The fraction of sp³-hybridized carbons (Fsp3) is 0. The smallest absolute Gasteiger partial charge is 0.235 e. The lowest BCUT2D eigenvalue weighted by atomic mass is 9.98. The van der Waals surface area contributed by atoms with E-state index in [1.807, 2.05) is 18.3 Å². The molecule has 262 valence electrons. The molecule has 0 saturated heterocycles. The summed E-state index contributed by atoms with van der Waals surface area (Å²) in [6.45, 7) is 0. The minimum absolute atomic E-state index is 0.646. The Bertz CT molecular complexity index is 3230. The predicted octanol–water partition coefficient (Wildman–Crippen LogP) is 13.3. The van der Waals surface area contributed by atoms with Gasteiger partial charge in [-0.05, 0) is 88.0 Å². The van der Waals surface area contributed by atoms with Gasteiger partial charge in [0.2, 0.25) is 5.95 Å². The fourth-order valence-corrected chi connectivity index (χ4v) is 8.33. The number of hydrogen-bond donors (Lipinski definition) is 0. The summed E-state index contributed by atoms with van der Waals surface area (Å²) in [5.74, 6) is 0.646. The van der Waals surface area contributed by atoms with Crippen molar-refractivity contribution in [2.24, 2.45) is 0 Å². The molecule has 11 aromatic rings. The van der Waals surface area contributed by atoms with Gasteiger partial charge in [-0.2, -0.15) is 0 Å². The third-order valence-corrected chi connectivity index (χ3v) is 11.0. The highest BCUT2D eigenvalue weighted by Crippen LogP contribution is 2.38. The van der Waals surface area contributed by atoms with Crippen LogP contribution >= 0.6 is 0 Å². The van der Waals surface area contributed by atoms with Crippen LogP contribution in [-0.2, 0) is 0 Å². The summed E-state index contributed by atoms with van der Waals surface area (Å²) in [7, 11) is 0. The third kappa shape index (κ3) is 5.31. The number of benzene rings is 8. The highest BCUT2D eigenvalue weighted by Gasteiger charge is 2.17. The van der Waals surface area contributed by atoms with Gasteiger partial charge in [0, 0.05) is 39.0 Å². The molecule has 0 aliphatic heterocycles. The van der Waals surface area contributed by atoms with E-state index < -0.39 is 0 Å². The molecule has 8 aromatic carbocycles. The highest BCUT2D eigenvalue weighted by atomic mass is 15.2. The van der Waals surface area contributed by atoms with Crippen LogP contribution in [0.1, 0.15) is 0 Å². The van der Waals surface area contributed by atoms with E-state index in [1.165, 1.54) is 49.4 Å². The Morgan fingerprint density at radius 3 is 1.61 bits per heavy atom. The minimum Gasteiger partial charge on any atom is -0.309 e. The van der Waals surface area contributed by atoms with Gasteiger partial charge in [-0.15, -0.1) is 0 Å². The molecule has 4 heteroatoms. The van der Waals surface area contributed by atoms with Crippen LogP contribution in [0.25, 0.3) is 99.9 Å². The molecule has 3 heterocycles. The van der Waals surface area contributed by atoms with Gasteiger partial charge < -0.3 is 4.57 Å². The second kappa shape index (κ2) is 13.1. The number of para-hydroxylation sites is 3. The molecule has 0 unspecified atom stereocenters. The Balaban J connectivity index is 0.992. The molecule has 4 nitrogen and oxygen atoms in total. The zero-order valence-corrected chi connectivity index (χ0v) is 30.4. The van der Waals surface area contributed by atoms with E-state index in [0.29, 0.717) is 5.95 Å². The first-order valence-electron chi connectivity index (χ1n) is 19.0. The fourth-order valence-electron chi connectivity index (χ4n) is 8.33. The Morgan fingerprint density at radius 2 is 0.821 bits per heavy atom. The summed E-state index contributed by atoms with van der Waals surface area (Å²) in [6.07, 6.45) is 1.87. The molecule has 0 atom stereocenters. The molecule has 56 heavy (non-hydrogen) atoms. The average molecular weight is 715 g/mol. The van der Waals surface area contributed by atoms with E-state index in [-0.39, 0.29) is 0 Å². The molecule has 3 aromatic heterocycles. The van der Waals surface area contributed by atoms with Crippen molar-refractivity contribution >= 4 is 43.6 Å². The molecule has 11 rings (SSSR count). The van der Waals surface area contributed by atoms with Crippen LogP contribution in [0.2, 0.25) is 0 Å². The van der Waals surface area contributed by atoms with Crippen molar-refractivity contribution in [3.05, 3.63) is 206 Å². The first-order chi connectivity index (χ1) is 27.8. The summed E-state index contributed by atoms with van der Waals surface area (Å²) >= 11 is 0. The maximum atomic E-state index is 5.20. The molecule has 0 amide bonds. The lowest BCUT2D eigenvalue weighted by Crippen LogP contribution is -2.01. The predicted molar refractivity (Wildman–Crippen MR) is 232 cm³/mol. The van der Waals surface area contributed by atoms with Gasteiger partial charge in [0.1, 0.15) is 0 Å². The lowest BCUT2D eigenvalue weighted by Gasteiger charge is -2.10. The standard InChI is InChI=1S/C52H34N4/c1-3-12-35(13-4-1)36-22-24-37(25-23-36)38-14-11-15-41(32-38)47-30-31-53-52(54-47)56-49-21-10-8-19-44(49)46-33-39(27-29-50(46)56)40-26-28-45-43-18-7-9-20-48(43)55(51(45)34-40)42-16-5-2-6-17-42/h1-34H. The van der Waals surface area contributed by atoms with Crippen molar-refractivity contribution in [3.63, 3.8) is 0 Å². The molecule has 0 aliphatic rings. The van der Waals surface area contributed by atoms with Crippen LogP contribution < -0.4 is 0 Å². The minimum atomic E-state index is 0.646. The summed E-state index contributed by atoms with van der Waals surface area (Å²) in [5, 5.41) is 4.83. The molecule has 0 fully saturated rings. The van der Waals surface area contributed by atoms with Gasteiger partial charge in [-0.25, -0.2) is 9.97 Å². The van der Waals surface area contributed by atoms with Crippen LogP contribution in [0.15, 0.2) is 206 Å². The zero-order valence-electron chi connectivity index (χ0n) is 30.4. The van der Waals surface area contributed by atoms with E-state index in [2.05, 4.69) is 197 Å². The molecule has 0 saturated carbocycles. The lowest BCUT2D eigenvalue weighted by molar-refractivity contribution is 0.992. The van der Waals surface area contributed by atoms with E-state index in [4.69, 9.17) is 9.97 Å². The Hall–Kier alpha value is -7.56. The van der Waals surface area contributed by atoms with Crippen LogP contribution in [-0.4, -0.2) is 19.1 Å². The largest absolute Gasteiger partial charge is 0.309 e. The van der Waals surface area contributed by atoms with Crippen molar-refractivity contribution in [1.82, 2.24) is 19.1 Å². The molecular formula is C52H34N4. The summed E-state index contributed by atoms with van der Waals surface area (Å²) < 4.78 is 4.57. The first-order valence-corrected chi connectivity index (χ1v) is 19.0. The van der Waals surface area contributed by atoms with Gasteiger partial charge in [0.05, 0.1) is 27.8 Å². The molecule has 0 aliphatic carbocycles. The van der Waals surface area contributed by atoms with Gasteiger partial charge in [-0.3, -0.25) is 4.57 Å². The van der Waals surface area contributed by atoms with Gasteiger partial charge in [-0.1, -0.05) is 146 Å². The maximum Gasteiger partial charge on any atom is 0.235 e. The second-order valence-corrected chi connectivity index (χ2v) is 14.3. The highest BCUT2D eigenvalue weighted by molar-refractivity contribution is 6.12. The molecular weight excluding hydrogens is 681 g/mol. The summed E-state index contributed by atoms with van der Waals surface area (Å²) in [4.78, 5) is 10.0. The summed E-state index contributed by atoms with van der Waals surface area (Å²) in [5.41, 5.74) is 14.7. The van der Waals surface area contributed by atoms with E-state index >= 15 is 0 Å². The monoisotopic (exact) mass is 714 g/mol. The van der Waals surface area contributed by atoms with Crippen molar-refractivity contribution in [1.29, 1.82) is 0 Å². The number of aromatic nitrogens is 4. The second-order valence-electron chi connectivity index (χ2n) is 14.3. The van der Waals surface area contributed by atoms with Gasteiger partial charge >= 0.3 is 0 Å². The van der Waals surface area contributed by atoms with Gasteiger partial charge in [0.15, 0.2) is 0 Å².